The second-order valence-corrected chi connectivity index (χ2v) is 16.5. The third-order valence-electron chi connectivity index (χ3n) is 10.1. The Labute approximate surface area is 345 Å². The van der Waals surface area contributed by atoms with Crippen molar-refractivity contribution < 1.29 is 47.8 Å². The van der Waals surface area contributed by atoms with Crippen molar-refractivity contribution in [2.45, 2.75) is 148 Å². The number of nitrogens with one attached hydrogen (secondary N) is 4. The van der Waals surface area contributed by atoms with E-state index < -0.39 is 90.3 Å². The van der Waals surface area contributed by atoms with Crippen molar-refractivity contribution in [2.24, 2.45) is 11.7 Å². The number of hydrogen-bond donors (Lipinski definition) is 5. The molecule has 5 atom stereocenters. The number of halogens is 1. The minimum Gasteiger partial charge on any atom is -0.458 e. The van der Waals surface area contributed by atoms with Crippen molar-refractivity contribution in [1.29, 1.82) is 0 Å². The SMILES string of the molecule is CCCCC(NC(=O)CNC(=O)C(=O)C(CCC)NC(=O)C1C[C@@H](OCC(=O)OC(C)(C)C)CN1C(=O)C(NC(=O)Cc1ccc(Cl)cc1)C1CCCCC1)C(N)=O. The summed E-state index contributed by atoms with van der Waals surface area (Å²) in [6.45, 7) is 7.67. The van der Waals surface area contributed by atoms with E-state index in [2.05, 4.69) is 21.3 Å². The molecule has 2 aliphatic rings. The number of amides is 6. The van der Waals surface area contributed by atoms with Crippen LogP contribution in [0.25, 0.3) is 0 Å². The number of rotatable bonds is 21. The molecule has 1 aromatic rings. The van der Waals surface area contributed by atoms with Crippen molar-refractivity contribution in [1.82, 2.24) is 26.2 Å². The number of likely N-dealkylation sites (tertiary alicyclic amines) is 1. The number of benzene rings is 1. The molecule has 6 N–H and O–H groups in total. The van der Waals surface area contributed by atoms with Crippen LogP contribution in [0.4, 0.5) is 0 Å². The molecule has 0 spiro atoms. The van der Waals surface area contributed by atoms with Crippen LogP contribution in [0.3, 0.4) is 0 Å². The molecule has 1 saturated carbocycles. The quantitative estimate of drug-likeness (QED) is 0.0897. The van der Waals surface area contributed by atoms with E-state index in [0.29, 0.717) is 42.7 Å². The van der Waals surface area contributed by atoms with Gasteiger partial charge < -0.3 is 41.4 Å². The number of unbranched alkanes of at least 4 members (excludes halogenated alkanes) is 1. The zero-order valence-electron chi connectivity index (χ0n) is 34.4. The summed E-state index contributed by atoms with van der Waals surface area (Å²) in [6.07, 6.45) is 5.43. The summed E-state index contributed by atoms with van der Waals surface area (Å²) in [4.78, 5) is 107. The fraction of sp³-hybridized carbons (Fsp3) is 0.659. The Balaban J connectivity index is 1.81. The number of esters is 1. The number of hydrogen-bond acceptors (Lipinski definition) is 10. The van der Waals surface area contributed by atoms with Gasteiger partial charge in [0.25, 0.3) is 5.91 Å². The van der Waals surface area contributed by atoms with Gasteiger partial charge in [-0.1, -0.05) is 76.1 Å². The predicted octanol–water partition coefficient (Wildman–Crippen LogP) is 2.41. The summed E-state index contributed by atoms with van der Waals surface area (Å²) in [5, 5.41) is 10.8. The maximum atomic E-state index is 14.6. The minimum absolute atomic E-state index is 0.00563. The molecule has 2 fully saturated rings. The van der Waals surface area contributed by atoms with Crippen LogP contribution in [0.15, 0.2) is 24.3 Å². The molecule has 17 heteroatoms. The Morgan fingerprint density at radius 1 is 0.879 bits per heavy atom. The maximum Gasteiger partial charge on any atom is 0.332 e. The number of nitrogens with zero attached hydrogens (tertiary/aromatic N) is 1. The van der Waals surface area contributed by atoms with Gasteiger partial charge in [-0.05, 0) is 70.1 Å². The van der Waals surface area contributed by atoms with Gasteiger partial charge >= 0.3 is 5.97 Å². The lowest BCUT2D eigenvalue weighted by Crippen LogP contribution is -2.58. The van der Waals surface area contributed by atoms with Gasteiger partial charge in [-0.3, -0.25) is 33.6 Å². The molecule has 322 valence electrons. The van der Waals surface area contributed by atoms with Crippen LogP contribution >= 0.6 is 11.6 Å². The van der Waals surface area contributed by atoms with Crippen LogP contribution in [0.5, 0.6) is 0 Å². The van der Waals surface area contributed by atoms with Crippen molar-refractivity contribution in [3.05, 3.63) is 34.9 Å². The number of nitrogens with two attached hydrogens (primary N) is 1. The van der Waals surface area contributed by atoms with Gasteiger partial charge in [0.1, 0.15) is 30.3 Å². The number of ether oxygens (including phenoxy) is 2. The maximum absolute atomic E-state index is 14.6. The highest BCUT2D eigenvalue weighted by Gasteiger charge is 2.45. The Morgan fingerprint density at radius 2 is 1.55 bits per heavy atom. The predicted molar refractivity (Wildman–Crippen MR) is 215 cm³/mol. The first-order chi connectivity index (χ1) is 27.4. The smallest absolute Gasteiger partial charge is 0.332 e. The average Bonchev–Trinajstić information content (AvgIpc) is 3.61. The number of Topliss-reactive ketones (excluding diaryl/α,β-unsaturated/α-hetero) is 1. The number of carbonyl (C=O) groups is 8. The highest BCUT2D eigenvalue weighted by Crippen LogP contribution is 2.30. The topological polar surface area (TPSA) is 232 Å². The lowest BCUT2D eigenvalue weighted by Gasteiger charge is -2.35. The van der Waals surface area contributed by atoms with Crippen LogP contribution in [0.2, 0.25) is 5.02 Å². The van der Waals surface area contributed by atoms with Gasteiger partial charge in [0.2, 0.25) is 35.3 Å². The minimum atomic E-state index is -1.31. The molecule has 1 aromatic carbocycles. The lowest BCUT2D eigenvalue weighted by molar-refractivity contribution is -0.162. The van der Waals surface area contributed by atoms with Crippen LogP contribution in [0, 0.1) is 5.92 Å². The van der Waals surface area contributed by atoms with Gasteiger partial charge in [-0.2, -0.15) is 0 Å². The summed E-state index contributed by atoms with van der Waals surface area (Å²) in [5.74, 6) is -6.05. The molecule has 6 amide bonds. The Kier molecular flexibility index (Phi) is 19.1. The standard InChI is InChI=1S/C41H61ClN6O10/c1-6-8-15-30(37(43)53)45-33(50)22-44-39(55)36(52)29(12-7-2)46-38(54)31-21-28(57-24-34(51)58-41(3,4)5)23-48(31)40(56)35(26-13-10-9-11-14-26)47-32(49)20-25-16-18-27(42)19-17-25/h16-19,26,28-31,35H,6-15,20-24H2,1-5H3,(H2,43,53)(H,44,55)(H,45,50)(H,46,54)(H,47,49)/t28-,29?,30?,31?,35?/m1/s1. The van der Waals surface area contributed by atoms with Crippen molar-refractivity contribution in [2.75, 3.05) is 19.7 Å². The van der Waals surface area contributed by atoms with E-state index in [9.17, 15) is 38.4 Å². The molecule has 1 aliphatic heterocycles. The Hall–Kier alpha value is -4.57. The Morgan fingerprint density at radius 3 is 2.16 bits per heavy atom. The molecular formula is C41H61ClN6O10. The van der Waals surface area contributed by atoms with Crippen LogP contribution in [0.1, 0.15) is 111 Å². The number of primary amides is 1. The van der Waals surface area contributed by atoms with Crippen LogP contribution in [-0.4, -0.2) is 108 Å². The van der Waals surface area contributed by atoms with Gasteiger partial charge in [-0.25, -0.2) is 4.79 Å². The number of ketones is 1. The van der Waals surface area contributed by atoms with E-state index in [4.69, 9.17) is 26.8 Å². The zero-order chi connectivity index (χ0) is 43.0. The molecule has 1 heterocycles. The average molecular weight is 833 g/mol. The Bertz CT molecular complexity index is 1610. The molecule has 1 saturated heterocycles. The fourth-order valence-corrected chi connectivity index (χ4v) is 7.30. The number of carbonyl (C=O) groups excluding carboxylic acids is 8. The van der Waals surface area contributed by atoms with Crippen LogP contribution in [-0.2, 0) is 54.3 Å². The van der Waals surface area contributed by atoms with Gasteiger partial charge in [-0.15, -0.1) is 0 Å². The van der Waals surface area contributed by atoms with E-state index in [1.165, 1.54) is 4.90 Å². The monoisotopic (exact) mass is 832 g/mol. The van der Waals surface area contributed by atoms with E-state index in [1.807, 2.05) is 6.92 Å². The fourth-order valence-electron chi connectivity index (χ4n) is 7.18. The molecule has 3 rings (SSSR count). The molecule has 58 heavy (non-hydrogen) atoms. The first kappa shape index (κ1) is 47.8. The van der Waals surface area contributed by atoms with Crippen molar-refractivity contribution in [3.8, 4) is 0 Å². The zero-order valence-corrected chi connectivity index (χ0v) is 35.1. The third kappa shape index (κ3) is 15.6. The summed E-state index contributed by atoms with van der Waals surface area (Å²) in [7, 11) is 0. The summed E-state index contributed by atoms with van der Waals surface area (Å²) >= 11 is 6.03. The van der Waals surface area contributed by atoms with Gasteiger partial charge in [0, 0.05) is 18.0 Å². The first-order valence-electron chi connectivity index (χ1n) is 20.3. The largest absolute Gasteiger partial charge is 0.458 e. The molecule has 1 aliphatic carbocycles. The summed E-state index contributed by atoms with van der Waals surface area (Å²) in [6, 6.07) is 2.39. The normalized spacial score (nSPS) is 18.6. The second kappa shape index (κ2) is 23.1. The molecule has 16 nitrogen and oxygen atoms in total. The summed E-state index contributed by atoms with van der Waals surface area (Å²) in [5.41, 5.74) is 5.32. The molecule has 0 bridgehead atoms. The van der Waals surface area contributed by atoms with E-state index in [1.54, 1.807) is 52.0 Å². The van der Waals surface area contributed by atoms with Crippen molar-refractivity contribution >= 4 is 58.8 Å². The van der Waals surface area contributed by atoms with Gasteiger partial charge in [0.15, 0.2) is 0 Å². The third-order valence-corrected chi connectivity index (χ3v) is 10.3. The van der Waals surface area contributed by atoms with E-state index in [-0.39, 0.29) is 37.6 Å². The highest BCUT2D eigenvalue weighted by molar-refractivity contribution is 6.38. The molecule has 0 aromatic heterocycles. The van der Waals surface area contributed by atoms with E-state index >= 15 is 0 Å². The lowest BCUT2D eigenvalue weighted by atomic mass is 9.83. The molecule has 0 radical (unpaired) electrons. The second-order valence-electron chi connectivity index (χ2n) is 16.1. The molecular weight excluding hydrogens is 772 g/mol. The molecule has 4 unspecified atom stereocenters. The first-order valence-corrected chi connectivity index (χ1v) is 20.7. The van der Waals surface area contributed by atoms with Crippen LogP contribution < -0.4 is 27.0 Å². The van der Waals surface area contributed by atoms with E-state index in [0.717, 1.165) is 25.7 Å². The van der Waals surface area contributed by atoms with Gasteiger partial charge in [0.05, 0.1) is 25.1 Å². The van der Waals surface area contributed by atoms with Crippen molar-refractivity contribution in [3.63, 3.8) is 0 Å². The highest BCUT2D eigenvalue weighted by atomic mass is 35.5. The summed E-state index contributed by atoms with van der Waals surface area (Å²) < 4.78 is 11.2.